The Balaban J connectivity index is 3.00. The van der Waals surface area contributed by atoms with Crippen LogP contribution >= 0.6 is 0 Å². The molecule has 70 valence electrons. The molecule has 0 fully saturated rings. The molecule has 7 nitrogen and oxygen atoms in total. The van der Waals surface area contributed by atoms with Crippen LogP contribution in [-0.4, -0.2) is 48.5 Å². The summed E-state index contributed by atoms with van der Waals surface area (Å²) >= 11 is 0. The molecule has 0 bridgehead atoms. The van der Waals surface area contributed by atoms with Gasteiger partial charge in [-0.25, -0.2) is 0 Å². The number of rotatable bonds is 1. The third-order valence-corrected chi connectivity index (χ3v) is 1.56. The van der Waals surface area contributed by atoms with Crippen molar-refractivity contribution in [1.29, 1.82) is 0 Å². The van der Waals surface area contributed by atoms with E-state index in [0.717, 1.165) is 0 Å². The maximum atomic E-state index is 9.03. The lowest BCUT2D eigenvalue weighted by Crippen LogP contribution is -2.60. The second kappa shape index (κ2) is 2.31. The summed E-state index contributed by atoms with van der Waals surface area (Å²) in [6.45, 7) is 0. The summed E-state index contributed by atoms with van der Waals surface area (Å²) in [6.07, 6.45) is -2.16. The van der Waals surface area contributed by atoms with Crippen LogP contribution in [0.3, 0.4) is 0 Å². The highest BCUT2D eigenvalue weighted by Crippen LogP contribution is 2.35. The number of aliphatic hydroxyl groups is 6. The summed E-state index contributed by atoms with van der Waals surface area (Å²) in [6, 6.07) is 0. The summed E-state index contributed by atoms with van der Waals surface area (Å²) < 4.78 is 4.07. The smallest absolute Gasteiger partial charge is 0.322 e. The zero-order chi connectivity index (χ0) is 9.57. The molecule has 0 spiro atoms. The van der Waals surface area contributed by atoms with Crippen molar-refractivity contribution >= 4 is 0 Å². The van der Waals surface area contributed by atoms with Crippen LogP contribution in [0.5, 0.6) is 0 Å². The van der Waals surface area contributed by atoms with Crippen LogP contribution in [0.25, 0.3) is 0 Å². The first-order chi connectivity index (χ1) is 5.32. The largest absolute Gasteiger partial charge is 0.504 e. The first kappa shape index (κ1) is 9.23. The maximum Gasteiger partial charge on any atom is 0.322 e. The van der Waals surface area contributed by atoms with Gasteiger partial charge < -0.3 is 35.4 Å². The van der Waals surface area contributed by atoms with Crippen molar-refractivity contribution in [3.05, 3.63) is 12.0 Å². The van der Waals surface area contributed by atoms with Crippen molar-refractivity contribution in [2.45, 2.75) is 17.9 Å². The Kier molecular flexibility index (Phi) is 1.78. The van der Waals surface area contributed by atoms with E-state index in [2.05, 4.69) is 4.74 Å². The predicted molar refractivity (Wildman–Crippen MR) is 32.1 cm³/mol. The van der Waals surface area contributed by atoms with Gasteiger partial charge in [0.15, 0.2) is 5.76 Å². The molecule has 12 heavy (non-hydrogen) atoms. The lowest BCUT2D eigenvalue weighted by Gasteiger charge is -2.32. The molecule has 1 heterocycles. The van der Waals surface area contributed by atoms with Gasteiger partial charge in [0.25, 0.3) is 5.79 Å². The van der Waals surface area contributed by atoms with Gasteiger partial charge in [-0.15, -0.1) is 0 Å². The van der Waals surface area contributed by atoms with Crippen LogP contribution in [-0.2, 0) is 4.74 Å². The minimum absolute atomic E-state index is 0.402. The van der Waals surface area contributed by atoms with Gasteiger partial charge in [0.05, 0.1) is 0 Å². The van der Waals surface area contributed by atoms with E-state index in [9.17, 15) is 0 Å². The number of aliphatic hydroxyl groups excluding tert-OH is 2. The molecule has 0 saturated heterocycles. The highest BCUT2D eigenvalue weighted by Gasteiger charge is 2.63. The quantitative estimate of drug-likeness (QED) is 0.238. The minimum atomic E-state index is -3.22. The molecular weight excluding hydrogens is 172 g/mol. The molecule has 6 N–H and O–H groups in total. The average Bonchev–Trinajstić information content (AvgIpc) is 2.15. The molecule has 0 radical (unpaired) electrons. The van der Waals surface area contributed by atoms with E-state index in [1.165, 1.54) is 0 Å². The fourth-order valence-electron chi connectivity index (χ4n) is 0.734. The van der Waals surface area contributed by atoms with E-state index < -0.39 is 23.6 Å². The Morgan fingerprint density at radius 2 is 1.75 bits per heavy atom. The fourth-order valence-corrected chi connectivity index (χ4v) is 0.734. The zero-order valence-corrected chi connectivity index (χ0v) is 5.75. The third-order valence-electron chi connectivity index (χ3n) is 1.56. The van der Waals surface area contributed by atoms with Gasteiger partial charge in [-0.2, -0.15) is 0 Å². The number of hydrogen-bond acceptors (Lipinski definition) is 7. The highest BCUT2D eigenvalue weighted by atomic mass is 16.7. The van der Waals surface area contributed by atoms with Gasteiger partial charge in [0, 0.05) is 0 Å². The topological polar surface area (TPSA) is 131 Å². The van der Waals surface area contributed by atoms with Gasteiger partial charge in [-0.1, -0.05) is 0 Å². The molecule has 1 rings (SSSR count). The normalized spacial score (nSPS) is 33.3. The first-order valence-corrected chi connectivity index (χ1v) is 2.93. The second-order valence-electron chi connectivity index (χ2n) is 2.36. The van der Waals surface area contributed by atoms with Crippen LogP contribution in [0, 0.1) is 0 Å². The van der Waals surface area contributed by atoms with E-state index >= 15 is 0 Å². The van der Waals surface area contributed by atoms with Crippen LogP contribution in [0.2, 0.25) is 0 Å². The number of hydrogen-bond donors (Lipinski definition) is 6. The Bertz CT molecular complexity index is 220. The maximum absolute atomic E-state index is 9.03. The molecule has 1 aliphatic rings. The van der Waals surface area contributed by atoms with Gasteiger partial charge >= 0.3 is 5.79 Å². The van der Waals surface area contributed by atoms with E-state index in [-0.39, 0.29) is 0 Å². The van der Waals surface area contributed by atoms with Crippen molar-refractivity contribution in [2.24, 2.45) is 0 Å². The SMILES string of the molecule is OC1=COC(O)(C(O)O)C1(O)O. The Morgan fingerprint density at radius 3 is 1.92 bits per heavy atom. The van der Waals surface area contributed by atoms with Crippen molar-refractivity contribution in [3.63, 3.8) is 0 Å². The van der Waals surface area contributed by atoms with Crippen molar-refractivity contribution in [1.82, 2.24) is 0 Å². The molecule has 1 atom stereocenters. The fraction of sp³-hybridized carbons (Fsp3) is 0.600. The van der Waals surface area contributed by atoms with E-state index in [4.69, 9.17) is 30.6 Å². The summed E-state index contributed by atoms with van der Waals surface area (Å²) in [4.78, 5) is 0. The summed E-state index contributed by atoms with van der Waals surface area (Å²) in [7, 11) is 0. The van der Waals surface area contributed by atoms with E-state index in [1.807, 2.05) is 0 Å². The lowest BCUT2D eigenvalue weighted by atomic mass is 10.1. The Labute approximate surface area is 66.4 Å². The molecule has 1 aliphatic heterocycles. The van der Waals surface area contributed by atoms with Crippen LogP contribution in [0.15, 0.2) is 12.0 Å². The first-order valence-electron chi connectivity index (χ1n) is 2.93. The predicted octanol–water partition coefficient (Wildman–Crippen LogP) is -2.90. The lowest BCUT2D eigenvalue weighted by molar-refractivity contribution is -0.390. The molecule has 0 amide bonds. The molecule has 0 aromatic heterocycles. The van der Waals surface area contributed by atoms with E-state index in [1.54, 1.807) is 0 Å². The monoisotopic (exact) mass is 180 g/mol. The summed E-state index contributed by atoms with van der Waals surface area (Å²) in [5, 5.41) is 52.5. The van der Waals surface area contributed by atoms with Crippen LogP contribution in [0.4, 0.5) is 0 Å². The van der Waals surface area contributed by atoms with E-state index in [0.29, 0.717) is 6.26 Å². The summed E-state index contributed by atoms with van der Waals surface area (Å²) in [5.74, 6) is -7.39. The van der Waals surface area contributed by atoms with Crippen molar-refractivity contribution < 1.29 is 35.4 Å². The molecular formula is C5H8O7. The molecule has 1 unspecified atom stereocenters. The summed E-state index contributed by atoms with van der Waals surface area (Å²) in [5.41, 5.74) is 0. The third kappa shape index (κ3) is 0.886. The van der Waals surface area contributed by atoms with Gasteiger partial charge in [0.2, 0.25) is 6.29 Å². The van der Waals surface area contributed by atoms with Gasteiger partial charge in [0.1, 0.15) is 6.26 Å². The average molecular weight is 180 g/mol. The molecule has 0 aliphatic carbocycles. The van der Waals surface area contributed by atoms with Crippen LogP contribution < -0.4 is 0 Å². The van der Waals surface area contributed by atoms with Crippen molar-refractivity contribution in [2.75, 3.05) is 0 Å². The van der Waals surface area contributed by atoms with Crippen molar-refractivity contribution in [3.8, 4) is 0 Å². The highest BCUT2D eigenvalue weighted by molar-refractivity contribution is 5.13. The molecule has 0 saturated carbocycles. The standard InChI is InChI=1S/C5H8O7/c6-2-1-12-5(11,3(7)8)4(2,9)10/h1,3,6-11H. The molecule has 0 aromatic carbocycles. The zero-order valence-electron chi connectivity index (χ0n) is 5.75. The Morgan fingerprint density at radius 1 is 1.25 bits per heavy atom. The van der Waals surface area contributed by atoms with Gasteiger partial charge in [-0.05, 0) is 0 Å². The van der Waals surface area contributed by atoms with Crippen LogP contribution in [0.1, 0.15) is 0 Å². The molecule has 0 aromatic rings. The van der Waals surface area contributed by atoms with Gasteiger partial charge in [-0.3, -0.25) is 0 Å². The number of ether oxygens (including phenoxy) is 1. The molecule has 7 heteroatoms. The minimum Gasteiger partial charge on any atom is -0.504 e. The second-order valence-corrected chi connectivity index (χ2v) is 2.36. The Hall–Kier alpha value is -0.860.